The number of halogens is 1. The van der Waals surface area contributed by atoms with Gasteiger partial charge in [-0.3, -0.25) is 4.79 Å². The fraction of sp³-hybridized carbons (Fsp3) is 0.310. The summed E-state index contributed by atoms with van der Waals surface area (Å²) in [5.41, 5.74) is 3.54. The molecule has 2 atom stereocenters. The number of alkyl halides is 1. The van der Waals surface area contributed by atoms with Crippen molar-refractivity contribution < 1.29 is 23.8 Å². The number of carbonyl (C=O) groups excluding carboxylic acids is 2. The van der Waals surface area contributed by atoms with Crippen LogP contribution in [0.3, 0.4) is 0 Å². The van der Waals surface area contributed by atoms with Gasteiger partial charge in [0.05, 0.1) is 11.7 Å². The molecule has 8 heteroatoms. The first-order chi connectivity index (χ1) is 18.0. The molecular weight excluding hydrogens is 473 g/mol. The molecule has 7 nitrogen and oxygen atoms in total. The Morgan fingerprint density at radius 1 is 0.919 bits per heavy atom. The summed E-state index contributed by atoms with van der Waals surface area (Å²) >= 11 is 0. The van der Waals surface area contributed by atoms with Gasteiger partial charge in [0.2, 0.25) is 5.91 Å². The number of aryl methyl sites for hydroxylation is 1. The highest BCUT2D eigenvalue weighted by Crippen LogP contribution is 2.27. The Balaban J connectivity index is 1.62. The van der Waals surface area contributed by atoms with Crippen LogP contribution in [0, 0.1) is 0 Å². The Bertz CT molecular complexity index is 1130. The van der Waals surface area contributed by atoms with Crippen LogP contribution in [0.25, 0.3) is 0 Å². The Morgan fingerprint density at radius 2 is 1.59 bits per heavy atom. The third-order valence-corrected chi connectivity index (χ3v) is 5.92. The predicted octanol–water partition coefficient (Wildman–Crippen LogP) is 2.99. The maximum absolute atomic E-state index is 13.5. The fourth-order valence-corrected chi connectivity index (χ4v) is 3.93. The van der Waals surface area contributed by atoms with Gasteiger partial charge in [0.1, 0.15) is 11.7 Å². The molecule has 3 aromatic carbocycles. The lowest BCUT2D eigenvalue weighted by atomic mass is 10.0. The van der Waals surface area contributed by atoms with E-state index in [-0.39, 0.29) is 11.7 Å². The second-order valence-electron chi connectivity index (χ2n) is 8.69. The number of carbonyl (C=O) groups is 2. The molecule has 0 heterocycles. The number of carboxylic acids is 1. The molecule has 3 N–H and O–H groups in total. The van der Waals surface area contributed by atoms with Gasteiger partial charge in [-0.15, -0.1) is 0 Å². The van der Waals surface area contributed by atoms with Crippen molar-refractivity contribution in [1.82, 2.24) is 10.6 Å². The quantitative estimate of drug-likeness (QED) is 0.274. The van der Waals surface area contributed by atoms with E-state index in [0.717, 1.165) is 30.4 Å². The summed E-state index contributed by atoms with van der Waals surface area (Å²) in [6, 6.07) is 24.4. The SMILES string of the molecule is CNc1cc(C[C@H](NCc2ccccc2)C(=O)NCCCCc2ccccc2)ccc1OC(F)C(=O)[O-]. The average molecular weight is 507 g/mol. The number of anilines is 1. The minimum atomic E-state index is -2.58. The maximum atomic E-state index is 13.5. The number of rotatable bonds is 15. The van der Waals surface area contributed by atoms with Crippen LogP contribution >= 0.6 is 0 Å². The van der Waals surface area contributed by atoms with Gasteiger partial charge in [0.25, 0.3) is 6.36 Å². The minimum Gasteiger partial charge on any atom is -0.543 e. The van der Waals surface area contributed by atoms with Crippen molar-refractivity contribution in [3.05, 3.63) is 95.6 Å². The topological polar surface area (TPSA) is 103 Å². The molecular formula is C29H33FN3O4-. The van der Waals surface area contributed by atoms with E-state index < -0.39 is 18.4 Å². The van der Waals surface area contributed by atoms with Gasteiger partial charge in [-0.25, -0.2) is 0 Å². The number of ether oxygens (including phenoxy) is 1. The van der Waals surface area contributed by atoms with Crippen LogP contribution in [0.15, 0.2) is 78.9 Å². The summed E-state index contributed by atoms with van der Waals surface area (Å²) in [5.74, 6) is -2.01. The van der Waals surface area contributed by atoms with Gasteiger partial charge >= 0.3 is 0 Å². The van der Waals surface area contributed by atoms with Crippen molar-refractivity contribution in [3.63, 3.8) is 0 Å². The number of nitrogens with one attached hydrogen (secondary N) is 3. The van der Waals surface area contributed by atoms with Crippen molar-refractivity contribution in [2.45, 2.75) is 44.6 Å². The second kappa shape index (κ2) is 14.6. The molecule has 0 bridgehead atoms. The third-order valence-electron chi connectivity index (χ3n) is 5.92. The van der Waals surface area contributed by atoms with Crippen LogP contribution in [-0.2, 0) is 29.0 Å². The number of aliphatic carboxylic acids is 1. The second-order valence-corrected chi connectivity index (χ2v) is 8.69. The largest absolute Gasteiger partial charge is 0.543 e. The predicted molar refractivity (Wildman–Crippen MR) is 140 cm³/mol. The van der Waals surface area contributed by atoms with Crippen LogP contribution < -0.4 is 25.8 Å². The standard InChI is InChI=1S/C29H34FN3O4/c1-31-24-18-23(15-16-26(24)37-27(30)29(35)36)19-25(33-20-22-13-6-3-7-14-22)28(34)32-17-9-8-12-21-10-4-2-5-11-21/h2-7,10-11,13-16,18,25,27,31,33H,8-9,12,17,19-20H2,1H3,(H,32,34)(H,35,36)/p-1/t25-,27?/m0/s1. The summed E-state index contributed by atoms with van der Waals surface area (Å²) in [4.78, 5) is 23.8. The van der Waals surface area contributed by atoms with Crippen molar-refractivity contribution in [2.75, 3.05) is 18.9 Å². The molecule has 0 saturated heterocycles. The molecule has 0 radical (unpaired) electrons. The molecule has 37 heavy (non-hydrogen) atoms. The van der Waals surface area contributed by atoms with Crippen molar-refractivity contribution in [3.8, 4) is 5.75 Å². The molecule has 0 aliphatic rings. The lowest BCUT2D eigenvalue weighted by Crippen LogP contribution is -2.45. The van der Waals surface area contributed by atoms with E-state index in [1.807, 2.05) is 48.5 Å². The van der Waals surface area contributed by atoms with E-state index >= 15 is 0 Å². The monoisotopic (exact) mass is 506 g/mol. The van der Waals surface area contributed by atoms with Crippen LogP contribution in [0.2, 0.25) is 0 Å². The molecule has 0 aromatic heterocycles. The van der Waals surface area contributed by atoms with Crippen LogP contribution in [0.4, 0.5) is 10.1 Å². The Morgan fingerprint density at radius 3 is 2.24 bits per heavy atom. The number of hydrogen-bond donors (Lipinski definition) is 3. The summed E-state index contributed by atoms with van der Waals surface area (Å²) in [5, 5.41) is 20.0. The van der Waals surface area contributed by atoms with E-state index in [4.69, 9.17) is 4.74 Å². The Labute approximate surface area is 217 Å². The van der Waals surface area contributed by atoms with E-state index in [0.29, 0.717) is 25.2 Å². The van der Waals surface area contributed by atoms with Crippen LogP contribution in [-0.4, -0.2) is 37.9 Å². The molecule has 3 rings (SSSR count). The van der Waals surface area contributed by atoms with Crippen molar-refractivity contribution >= 4 is 17.6 Å². The molecule has 1 unspecified atom stereocenters. The zero-order chi connectivity index (χ0) is 26.5. The number of carboxylic acid groups (broad SMARTS) is 1. The number of hydrogen-bond acceptors (Lipinski definition) is 6. The minimum absolute atomic E-state index is 0.0413. The van der Waals surface area contributed by atoms with Gasteiger partial charge in [0, 0.05) is 20.1 Å². The normalized spacial score (nSPS) is 12.4. The fourth-order valence-electron chi connectivity index (χ4n) is 3.93. The zero-order valence-electron chi connectivity index (χ0n) is 20.9. The van der Waals surface area contributed by atoms with E-state index in [1.54, 1.807) is 19.2 Å². The highest BCUT2D eigenvalue weighted by Gasteiger charge is 2.20. The van der Waals surface area contributed by atoms with Gasteiger partial charge < -0.3 is 30.6 Å². The van der Waals surface area contributed by atoms with Gasteiger partial charge in [-0.05, 0) is 54.5 Å². The van der Waals surface area contributed by atoms with Gasteiger partial charge in [-0.2, -0.15) is 4.39 Å². The average Bonchev–Trinajstić information content (AvgIpc) is 2.92. The van der Waals surface area contributed by atoms with Crippen LogP contribution in [0.1, 0.15) is 29.5 Å². The highest BCUT2D eigenvalue weighted by molar-refractivity contribution is 5.82. The van der Waals surface area contributed by atoms with E-state index in [2.05, 4.69) is 28.1 Å². The summed E-state index contributed by atoms with van der Waals surface area (Å²) < 4.78 is 18.3. The molecule has 0 aliphatic carbocycles. The molecule has 196 valence electrons. The highest BCUT2D eigenvalue weighted by atomic mass is 19.1. The third kappa shape index (κ3) is 9.24. The number of amides is 1. The summed E-state index contributed by atoms with van der Waals surface area (Å²) in [6.45, 7) is 1.09. The van der Waals surface area contributed by atoms with E-state index in [1.165, 1.54) is 11.6 Å². The van der Waals surface area contributed by atoms with Gasteiger partial charge in [-0.1, -0.05) is 66.7 Å². The van der Waals surface area contributed by atoms with Crippen LogP contribution in [0.5, 0.6) is 5.75 Å². The van der Waals surface area contributed by atoms with E-state index in [9.17, 15) is 19.1 Å². The zero-order valence-corrected chi connectivity index (χ0v) is 20.9. The van der Waals surface area contributed by atoms with Crippen molar-refractivity contribution in [1.29, 1.82) is 0 Å². The number of unbranched alkanes of at least 4 members (excludes halogenated alkanes) is 1. The Hall–Kier alpha value is -3.91. The first-order valence-electron chi connectivity index (χ1n) is 12.4. The number of benzene rings is 3. The smallest absolute Gasteiger partial charge is 0.278 e. The summed E-state index contributed by atoms with van der Waals surface area (Å²) in [6.07, 6.45) is 0.597. The molecule has 0 spiro atoms. The molecule has 0 aliphatic heterocycles. The molecule has 3 aromatic rings. The first kappa shape index (κ1) is 27.7. The maximum Gasteiger partial charge on any atom is 0.278 e. The Kier molecular flexibility index (Phi) is 10.9. The lowest BCUT2D eigenvalue weighted by Gasteiger charge is -2.20. The first-order valence-corrected chi connectivity index (χ1v) is 12.4. The molecule has 1 amide bonds. The molecule has 0 saturated carbocycles. The summed E-state index contributed by atoms with van der Waals surface area (Å²) in [7, 11) is 1.62. The van der Waals surface area contributed by atoms with Crippen molar-refractivity contribution in [2.24, 2.45) is 0 Å². The molecule has 0 fully saturated rings. The van der Waals surface area contributed by atoms with Gasteiger partial charge in [0.15, 0.2) is 0 Å². The lowest BCUT2D eigenvalue weighted by molar-refractivity contribution is -0.320.